The topological polar surface area (TPSA) is 73.2 Å². The SMILES string of the molecule is CNCc1cn(S(=O)(=O)c2cccnc2)c2cc(Cc3ccc(OC)cc3)ccc12.Cl. The third-order valence-electron chi connectivity index (χ3n) is 5.04. The van der Waals surface area contributed by atoms with Crippen LogP contribution in [0, 0.1) is 0 Å². The van der Waals surface area contributed by atoms with Crippen molar-refractivity contribution in [1.29, 1.82) is 0 Å². The van der Waals surface area contributed by atoms with Crippen molar-refractivity contribution in [3.05, 3.63) is 89.9 Å². The van der Waals surface area contributed by atoms with Crippen LogP contribution in [-0.4, -0.2) is 31.5 Å². The minimum atomic E-state index is -3.75. The molecule has 162 valence electrons. The third-order valence-corrected chi connectivity index (χ3v) is 6.70. The summed E-state index contributed by atoms with van der Waals surface area (Å²) in [7, 11) is -0.266. The molecule has 2 aromatic carbocycles. The number of rotatable bonds is 7. The van der Waals surface area contributed by atoms with Crippen LogP contribution in [0.15, 0.2) is 78.1 Å². The fourth-order valence-corrected chi connectivity index (χ4v) is 4.89. The highest BCUT2D eigenvalue weighted by molar-refractivity contribution is 7.90. The van der Waals surface area contributed by atoms with Crippen LogP contribution in [0.5, 0.6) is 5.75 Å². The molecule has 4 rings (SSSR count). The van der Waals surface area contributed by atoms with E-state index in [9.17, 15) is 8.42 Å². The first-order chi connectivity index (χ1) is 14.5. The van der Waals surface area contributed by atoms with Crippen LogP contribution in [0.4, 0.5) is 0 Å². The second-order valence-corrected chi connectivity index (χ2v) is 8.87. The summed E-state index contributed by atoms with van der Waals surface area (Å²) in [5.74, 6) is 0.808. The number of benzene rings is 2. The highest BCUT2D eigenvalue weighted by Gasteiger charge is 2.21. The molecular weight excluding hydrogens is 434 g/mol. The van der Waals surface area contributed by atoms with Gasteiger partial charge >= 0.3 is 0 Å². The summed E-state index contributed by atoms with van der Waals surface area (Å²) >= 11 is 0. The Labute approximate surface area is 188 Å². The van der Waals surface area contributed by atoms with E-state index in [-0.39, 0.29) is 17.3 Å². The summed E-state index contributed by atoms with van der Waals surface area (Å²) in [6.07, 6.45) is 5.33. The van der Waals surface area contributed by atoms with Crippen molar-refractivity contribution in [1.82, 2.24) is 14.3 Å². The number of ether oxygens (including phenoxy) is 1. The number of methoxy groups -OCH3 is 1. The molecule has 8 heteroatoms. The normalized spacial score (nSPS) is 11.3. The van der Waals surface area contributed by atoms with Crippen LogP contribution in [0.1, 0.15) is 16.7 Å². The molecule has 0 atom stereocenters. The lowest BCUT2D eigenvalue weighted by atomic mass is 10.0. The third kappa shape index (κ3) is 4.58. The Balaban J connectivity index is 0.00000272. The van der Waals surface area contributed by atoms with Crippen LogP contribution in [0.3, 0.4) is 0 Å². The maximum Gasteiger partial charge on any atom is 0.269 e. The standard InChI is InChI=1S/C23H23N3O3S.ClH/c1-24-14-19-16-26(30(27,28)21-4-3-11-25-15-21)23-13-18(7-10-22(19)23)12-17-5-8-20(29-2)9-6-17;/h3-11,13,15-16,24H,12,14H2,1-2H3;1H. The number of nitrogens with zero attached hydrogens (tertiary/aromatic N) is 2. The number of aromatic nitrogens is 2. The van der Waals surface area contributed by atoms with Crippen LogP contribution in [0.25, 0.3) is 10.9 Å². The van der Waals surface area contributed by atoms with Crippen LogP contribution in [0.2, 0.25) is 0 Å². The minimum Gasteiger partial charge on any atom is -0.497 e. The Morgan fingerprint density at radius 3 is 2.45 bits per heavy atom. The molecule has 6 nitrogen and oxygen atoms in total. The van der Waals surface area contributed by atoms with E-state index in [2.05, 4.69) is 10.3 Å². The Bertz CT molecular complexity index is 1270. The van der Waals surface area contributed by atoms with Crippen molar-refractivity contribution < 1.29 is 13.2 Å². The first-order valence-electron chi connectivity index (χ1n) is 9.59. The molecule has 0 spiro atoms. The first kappa shape index (κ1) is 22.8. The number of hydrogen-bond donors (Lipinski definition) is 1. The van der Waals surface area contributed by atoms with Crippen LogP contribution < -0.4 is 10.1 Å². The van der Waals surface area contributed by atoms with Gasteiger partial charge in [-0.2, -0.15) is 0 Å². The average Bonchev–Trinajstić information content (AvgIpc) is 3.14. The van der Waals surface area contributed by atoms with Gasteiger partial charge in [-0.1, -0.05) is 24.3 Å². The zero-order valence-electron chi connectivity index (χ0n) is 17.3. The Morgan fingerprint density at radius 1 is 1.06 bits per heavy atom. The fraction of sp³-hybridized carbons (Fsp3) is 0.174. The molecule has 0 fully saturated rings. The summed E-state index contributed by atoms with van der Waals surface area (Å²) in [5.41, 5.74) is 3.74. The van der Waals surface area contributed by atoms with E-state index < -0.39 is 10.0 Å². The van der Waals surface area contributed by atoms with Gasteiger partial charge in [0.25, 0.3) is 10.0 Å². The van der Waals surface area contributed by atoms with E-state index in [1.165, 1.54) is 10.2 Å². The van der Waals surface area contributed by atoms with Crippen LogP contribution in [-0.2, 0) is 23.0 Å². The average molecular weight is 458 g/mol. The molecule has 0 radical (unpaired) electrons. The predicted molar refractivity (Wildman–Crippen MR) is 125 cm³/mol. The summed E-state index contributed by atoms with van der Waals surface area (Å²) in [5, 5.41) is 4.03. The molecule has 0 saturated carbocycles. The second kappa shape index (κ2) is 9.51. The van der Waals surface area contributed by atoms with E-state index in [0.717, 1.165) is 27.8 Å². The maximum atomic E-state index is 13.3. The highest BCUT2D eigenvalue weighted by Crippen LogP contribution is 2.28. The Kier molecular flexibility index (Phi) is 7.00. The van der Waals surface area contributed by atoms with Gasteiger partial charge < -0.3 is 10.1 Å². The number of pyridine rings is 1. The monoisotopic (exact) mass is 457 g/mol. The van der Waals surface area contributed by atoms with Crippen molar-refractivity contribution in [2.75, 3.05) is 14.2 Å². The van der Waals surface area contributed by atoms with Gasteiger partial charge in [-0.25, -0.2) is 12.4 Å². The largest absolute Gasteiger partial charge is 0.497 e. The second-order valence-electron chi connectivity index (χ2n) is 7.05. The number of halogens is 1. The van der Waals surface area contributed by atoms with Gasteiger partial charge in [0.05, 0.1) is 12.6 Å². The highest BCUT2D eigenvalue weighted by atomic mass is 35.5. The van der Waals surface area contributed by atoms with Gasteiger partial charge in [-0.15, -0.1) is 12.4 Å². The van der Waals surface area contributed by atoms with E-state index in [0.29, 0.717) is 18.5 Å². The molecule has 31 heavy (non-hydrogen) atoms. The van der Waals surface area contributed by atoms with E-state index in [4.69, 9.17) is 4.74 Å². The fourth-order valence-electron chi connectivity index (χ4n) is 3.54. The molecule has 1 N–H and O–H groups in total. The molecule has 4 aromatic rings. The van der Waals surface area contributed by atoms with Gasteiger partial charge in [-0.05, 0) is 60.5 Å². The molecule has 0 aliphatic rings. The molecule has 0 aliphatic carbocycles. The summed E-state index contributed by atoms with van der Waals surface area (Å²) in [6, 6.07) is 17.1. The summed E-state index contributed by atoms with van der Waals surface area (Å²) in [6.45, 7) is 0.573. The van der Waals surface area contributed by atoms with Crippen molar-refractivity contribution in [3.8, 4) is 5.75 Å². The molecule has 2 aromatic heterocycles. The lowest BCUT2D eigenvalue weighted by molar-refractivity contribution is 0.414. The van der Waals surface area contributed by atoms with Crippen molar-refractivity contribution in [2.45, 2.75) is 17.9 Å². The van der Waals surface area contributed by atoms with Gasteiger partial charge in [0.15, 0.2) is 0 Å². The van der Waals surface area contributed by atoms with Gasteiger partial charge in [0.1, 0.15) is 10.6 Å². The molecule has 0 amide bonds. The molecule has 0 bridgehead atoms. The number of hydrogen-bond acceptors (Lipinski definition) is 5. The zero-order valence-corrected chi connectivity index (χ0v) is 18.9. The predicted octanol–water partition coefficient (Wildman–Crippen LogP) is 4.01. The lowest BCUT2D eigenvalue weighted by Crippen LogP contribution is -2.12. The summed E-state index contributed by atoms with van der Waals surface area (Å²) < 4.78 is 33.2. The first-order valence-corrected chi connectivity index (χ1v) is 11.0. The molecule has 0 aliphatic heterocycles. The maximum absolute atomic E-state index is 13.3. The van der Waals surface area contributed by atoms with Gasteiger partial charge in [-0.3, -0.25) is 4.98 Å². The number of nitrogens with one attached hydrogen (secondary N) is 1. The van der Waals surface area contributed by atoms with Gasteiger partial charge in [0, 0.05) is 30.5 Å². The number of fused-ring (bicyclic) bond motifs is 1. The molecule has 2 heterocycles. The van der Waals surface area contributed by atoms with E-state index in [1.807, 2.05) is 49.5 Å². The van der Waals surface area contributed by atoms with Crippen LogP contribution >= 0.6 is 12.4 Å². The molecular formula is C23H24ClN3O3S. The molecule has 0 saturated heterocycles. The Morgan fingerprint density at radius 2 is 1.81 bits per heavy atom. The van der Waals surface area contributed by atoms with Crippen molar-refractivity contribution in [2.24, 2.45) is 0 Å². The van der Waals surface area contributed by atoms with E-state index in [1.54, 1.807) is 31.6 Å². The smallest absolute Gasteiger partial charge is 0.269 e. The van der Waals surface area contributed by atoms with Gasteiger partial charge in [0.2, 0.25) is 0 Å². The molecule has 0 unspecified atom stereocenters. The summed E-state index contributed by atoms with van der Waals surface area (Å²) in [4.78, 5) is 4.14. The minimum absolute atomic E-state index is 0. The lowest BCUT2D eigenvalue weighted by Gasteiger charge is -2.09. The quantitative estimate of drug-likeness (QED) is 0.454. The van der Waals surface area contributed by atoms with Crippen molar-refractivity contribution in [3.63, 3.8) is 0 Å². The zero-order chi connectivity index (χ0) is 21.1. The Hall–Kier alpha value is -2.87. The van der Waals surface area contributed by atoms with E-state index >= 15 is 0 Å². The van der Waals surface area contributed by atoms with Crippen molar-refractivity contribution >= 4 is 33.3 Å².